The summed E-state index contributed by atoms with van der Waals surface area (Å²) in [5, 5.41) is 5.95. The van der Waals surface area contributed by atoms with Gasteiger partial charge in [0.25, 0.3) is 11.8 Å². The molecule has 1 aliphatic heterocycles. The lowest BCUT2D eigenvalue weighted by atomic mass is 10.1. The van der Waals surface area contributed by atoms with Gasteiger partial charge in [-0.1, -0.05) is 35.5 Å². The van der Waals surface area contributed by atoms with Crippen molar-refractivity contribution in [2.75, 3.05) is 13.7 Å². The van der Waals surface area contributed by atoms with Crippen molar-refractivity contribution >= 4 is 27.8 Å². The number of carbonyl (C=O) groups excluding carboxylic acids is 2. The molecule has 1 saturated heterocycles. The van der Waals surface area contributed by atoms with Crippen LogP contribution >= 0.6 is 0 Å². The van der Waals surface area contributed by atoms with Crippen molar-refractivity contribution in [2.45, 2.75) is 6.04 Å². The van der Waals surface area contributed by atoms with Crippen molar-refractivity contribution < 1.29 is 27.4 Å². The Kier molecular flexibility index (Phi) is 4.43. The second-order valence-electron chi connectivity index (χ2n) is 4.36. The van der Waals surface area contributed by atoms with E-state index in [0.29, 0.717) is 5.56 Å². The van der Waals surface area contributed by atoms with Crippen LogP contribution in [-0.4, -0.2) is 54.5 Å². The number of oxime groups is 1. The maximum Gasteiger partial charge on any atom is 0.362 e. The van der Waals surface area contributed by atoms with Crippen LogP contribution in [0.5, 0.6) is 0 Å². The molecule has 10 heteroatoms. The van der Waals surface area contributed by atoms with E-state index in [1.807, 2.05) is 0 Å². The van der Waals surface area contributed by atoms with E-state index < -0.39 is 28.2 Å². The molecule has 1 atom stereocenters. The van der Waals surface area contributed by atoms with Crippen molar-refractivity contribution in [3.05, 3.63) is 35.9 Å². The van der Waals surface area contributed by atoms with E-state index in [9.17, 15) is 18.0 Å². The average Bonchev–Trinajstić information content (AvgIpc) is 2.47. The summed E-state index contributed by atoms with van der Waals surface area (Å²) < 4.78 is 30.6. The first-order valence-corrected chi connectivity index (χ1v) is 7.50. The second kappa shape index (κ2) is 6.12. The topological polar surface area (TPSA) is 125 Å². The molecule has 0 aliphatic carbocycles. The third-order valence-corrected chi connectivity index (χ3v) is 3.81. The highest BCUT2D eigenvalue weighted by atomic mass is 32.2. The fourth-order valence-electron chi connectivity index (χ4n) is 1.85. The third-order valence-electron chi connectivity index (χ3n) is 2.92. The number of hydrogen-bond donors (Lipinski definition) is 2. The predicted molar refractivity (Wildman–Crippen MR) is 75.2 cm³/mol. The standard InChI is InChI=1S/C12H13N3O6S/c1-21-14-10(8-5-3-2-4-6-8)11(16)13-9-7-15(12(9)17)22(18,19)20/h2-6,9H,7H2,1H3,(H,13,16)(H,18,19,20)/t9-/m0/s1. The van der Waals surface area contributed by atoms with Gasteiger partial charge in [-0.2, -0.15) is 8.42 Å². The largest absolute Gasteiger partial charge is 0.398 e. The van der Waals surface area contributed by atoms with E-state index in [0.717, 1.165) is 0 Å². The van der Waals surface area contributed by atoms with Gasteiger partial charge in [0, 0.05) is 5.56 Å². The Labute approximate surface area is 126 Å². The van der Waals surface area contributed by atoms with Crippen LogP contribution in [0.3, 0.4) is 0 Å². The van der Waals surface area contributed by atoms with Crippen LogP contribution < -0.4 is 5.32 Å². The minimum Gasteiger partial charge on any atom is -0.398 e. The minimum atomic E-state index is -4.59. The van der Waals surface area contributed by atoms with Crippen molar-refractivity contribution in [1.82, 2.24) is 9.62 Å². The second-order valence-corrected chi connectivity index (χ2v) is 5.70. The van der Waals surface area contributed by atoms with E-state index in [1.165, 1.54) is 7.11 Å². The maximum atomic E-state index is 12.1. The van der Waals surface area contributed by atoms with Crippen molar-refractivity contribution in [3.8, 4) is 0 Å². The number of benzene rings is 1. The number of hydrogen-bond acceptors (Lipinski definition) is 6. The molecule has 9 nitrogen and oxygen atoms in total. The normalized spacial score (nSPS) is 18.6. The Bertz CT molecular complexity index is 716. The summed E-state index contributed by atoms with van der Waals surface area (Å²) in [7, 11) is -3.32. The van der Waals surface area contributed by atoms with Crippen molar-refractivity contribution in [2.24, 2.45) is 5.16 Å². The number of β-lactam (4-membered cyclic amide) rings is 1. The molecule has 22 heavy (non-hydrogen) atoms. The van der Waals surface area contributed by atoms with Gasteiger partial charge in [-0.3, -0.25) is 14.1 Å². The average molecular weight is 327 g/mol. The molecule has 2 amide bonds. The lowest BCUT2D eigenvalue weighted by molar-refractivity contribution is -0.139. The Hall–Kier alpha value is -2.46. The Morgan fingerprint density at radius 1 is 1.41 bits per heavy atom. The van der Waals surface area contributed by atoms with Crippen LogP contribution in [0.2, 0.25) is 0 Å². The highest BCUT2D eigenvalue weighted by Crippen LogP contribution is 2.14. The summed E-state index contributed by atoms with van der Waals surface area (Å²) in [6, 6.07) is 7.37. The van der Waals surface area contributed by atoms with E-state index >= 15 is 0 Å². The van der Waals surface area contributed by atoms with Crippen molar-refractivity contribution in [1.29, 1.82) is 0 Å². The number of nitrogens with one attached hydrogen (secondary N) is 1. The van der Waals surface area contributed by atoms with Crippen LogP contribution in [-0.2, 0) is 24.7 Å². The molecule has 1 fully saturated rings. The smallest absolute Gasteiger partial charge is 0.362 e. The zero-order chi connectivity index (χ0) is 16.3. The Balaban J connectivity index is 2.09. The molecule has 2 N–H and O–H groups in total. The van der Waals surface area contributed by atoms with Crippen molar-refractivity contribution in [3.63, 3.8) is 0 Å². The Morgan fingerprint density at radius 3 is 2.55 bits per heavy atom. The van der Waals surface area contributed by atoms with E-state index in [-0.39, 0.29) is 16.6 Å². The lowest BCUT2D eigenvalue weighted by Crippen LogP contribution is -2.65. The van der Waals surface area contributed by atoms with Gasteiger partial charge >= 0.3 is 10.3 Å². The minimum absolute atomic E-state index is 0.0544. The summed E-state index contributed by atoms with van der Waals surface area (Å²) in [5.74, 6) is -1.61. The fraction of sp³-hybridized carbons (Fsp3) is 0.250. The molecule has 1 heterocycles. The van der Waals surface area contributed by atoms with Gasteiger partial charge in [0.1, 0.15) is 13.2 Å². The van der Waals surface area contributed by atoms with E-state index in [4.69, 9.17) is 4.55 Å². The molecule has 0 radical (unpaired) electrons. The van der Waals surface area contributed by atoms with E-state index in [2.05, 4.69) is 15.3 Å². The summed E-state index contributed by atoms with van der Waals surface area (Å²) in [4.78, 5) is 28.3. The van der Waals surface area contributed by atoms with Crippen LogP contribution in [0.15, 0.2) is 35.5 Å². The number of rotatable bonds is 5. The summed E-state index contributed by atoms with van der Waals surface area (Å²) in [5.41, 5.74) is 0.418. The Morgan fingerprint density at radius 2 is 2.05 bits per heavy atom. The molecule has 0 unspecified atom stereocenters. The highest BCUT2D eigenvalue weighted by molar-refractivity contribution is 7.84. The molecule has 118 valence electrons. The van der Waals surface area contributed by atoms with Gasteiger partial charge in [0.15, 0.2) is 5.71 Å². The molecular weight excluding hydrogens is 314 g/mol. The molecular formula is C12H13N3O6S. The van der Waals surface area contributed by atoms with Gasteiger partial charge < -0.3 is 10.2 Å². The molecule has 2 rings (SSSR count). The van der Waals surface area contributed by atoms with Gasteiger partial charge in [-0.15, -0.1) is 0 Å². The monoisotopic (exact) mass is 327 g/mol. The fourth-order valence-corrected chi connectivity index (χ4v) is 2.54. The molecule has 0 spiro atoms. The molecule has 1 aromatic carbocycles. The third kappa shape index (κ3) is 3.23. The quantitative estimate of drug-likeness (QED) is 0.315. The molecule has 1 aliphatic rings. The van der Waals surface area contributed by atoms with E-state index in [1.54, 1.807) is 30.3 Å². The highest BCUT2D eigenvalue weighted by Gasteiger charge is 2.44. The van der Waals surface area contributed by atoms with Crippen LogP contribution in [0.25, 0.3) is 0 Å². The number of carbonyl (C=O) groups is 2. The SMILES string of the molecule is CON=C(C(=O)N[C@H]1CN(S(=O)(=O)O)C1=O)c1ccccc1. The first-order chi connectivity index (χ1) is 10.3. The number of nitrogens with zero attached hydrogens (tertiary/aromatic N) is 2. The van der Waals surface area contributed by atoms with Gasteiger partial charge in [-0.25, -0.2) is 4.31 Å². The molecule has 0 saturated carbocycles. The molecule has 1 aromatic rings. The predicted octanol–water partition coefficient (Wildman–Crippen LogP) is -0.833. The van der Waals surface area contributed by atoms with Crippen LogP contribution in [0, 0.1) is 0 Å². The zero-order valence-corrected chi connectivity index (χ0v) is 12.3. The summed E-state index contributed by atoms with van der Waals surface area (Å²) >= 11 is 0. The van der Waals surface area contributed by atoms with Gasteiger partial charge in [-0.05, 0) is 0 Å². The summed E-state index contributed by atoms with van der Waals surface area (Å²) in [6.45, 7) is -0.335. The summed E-state index contributed by atoms with van der Waals surface area (Å²) in [6.07, 6.45) is 0. The molecule has 0 aromatic heterocycles. The molecule has 0 bridgehead atoms. The zero-order valence-electron chi connectivity index (χ0n) is 11.5. The van der Waals surface area contributed by atoms with Gasteiger partial charge in [0.05, 0.1) is 6.54 Å². The van der Waals surface area contributed by atoms with Crippen LogP contribution in [0.4, 0.5) is 0 Å². The first-order valence-electron chi connectivity index (χ1n) is 6.11. The first kappa shape index (κ1) is 15.9. The number of amides is 2. The van der Waals surface area contributed by atoms with Gasteiger partial charge in [0.2, 0.25) is 0 Å². The lowest BCUT2D eigenvalue weighted by Gasteiger charge is -2.35. The van der Waals surface area contributed by atoms with Crippen LogP contribution in [0.1, 0.15) is 5.56 Å². The maximum absolute atomic E-state index is 12.1.